The summed E-state index contributed by atoms with van der Waals surface area (Å²) in [4.78, 5) is 24.0. The molecule has 5 rings (SSSR count). The number of rotatable bonds is 4. The minimum Gasteiger partial charge on any atom is -0.374 e. The third kappa shape index (κ3) is 3.50. The molecular weight excluding hydrogens is 374 g/mol. The predicted molar refractivity (Wildman–Crippen MR) is 110 cm³/mol. The zero-order valence-corrected chi connectivity index (χ0v) is 16.3. The highest BCUT2D eigenvalue weighted by molar-refractivity contribution is 7.15. The predicted octanol–water partition coefficient (Wildman–Crippen LogP) is 2.22. The third-order valence-electron chi connectivity index (χ3n) is 5.26. The van der Waals surface area contributed by atoms with Gasteiger partial charge in [-0.15, -0.1) is 0 Å². The molecule has 1 saturated heterocycles. The summed E-state index contributed by atoms with van der Waals surface area (Å²) in [7, 11) is 0. The Labute approximate surface area is 167 Å². The van der Waals surface area contributed by atoms with E-state index in [0.717, 1.165) is 54.4 Å². The molecule has 1 atom stereocenters. The summed E-state index contributed by atoms with van der Waals surface area (Å²) in [6.07, 6.45) is 0.968. The Hall–Kier alpha value is -2.42. The number of hydrogen-bond donors (Lipinski definition) is 3. The minimum atomic E-state index is 0.0476. The van der Waals surface area contributed by atoms with Gasteiger partial charge in [0, 0.05) is 48.4 Å². The van der Waals surface area contributed by atoms with Gasteiger partial charge in [0.1, 0.15) is 5.69 Å². The number of nitrogens with zero attached hydrogens (tertiary/aromatic N) is 2. The summed E-state index contributed by atoms with van der Waals surface area (Å²) in [6.45, 7) is 4.60. The molecule has 2 aliphatic heterocycles. The first-order valence-corrected chi connectivity index (χ1v) is 10.5. The molecule has 1 aromatic carbocycles. The van der Waals surface area contributed by atoms with E-state index in [1.54, 1.807) is 11.3 Å². The molecule has 2 aromatic heterocycles. The molecule has 2 aliphatic rings. The fourth-order valence-electron chi connectivity index (χ4n) is 3.76. The molecule has 0 saturated carbocycles. The molecule has 7 nitrogen and oxygen atoms in total. The number of carbonyl (C=O) groups excluding carboxylic acids is 1. The number of anilines is 1. The normalized spacial score (nSPS) is 19.6. The van der Waals surface area contributed by atoms with Crippen LogP contribution in [0.4, 0.5) is 5.13 Å². The molecule has 146 valence electrons. The Bertz CT molecular complexity index is 959. The topological polar surface area (TPSA) is 82.3 Å². The summed E-state index contributed by atoms with van der Waals surface area (Å²) in [5.41, 5.74) is 2.75. The van der Waals surface area contributed by atoms with E-state index in [0.29, 0.717) is 18.8 Å². The largest absolute Gasteiger partial charge is 0.374 e. The number of benzene rings is 1. The van der Waals surface area contributed by atoms with Crippen LogP contribution >= 0.6 is 11.3 Å². The molecule has 28 heavy (non-hydrogen) atoms. The molecule has 3 aromatic rings. The van der Waals surface area contributed by atoms with Gasteiger partial charge in [-0.05, 0) is 12.1 Å². The van der Waals surface area contributed by atoms with E-state index in [-0.39, 0.29) is 12.0 Å². The number of aromatic nitrogens is 2. The monoisotopic (exact) mass is 397 g/mol. The molecule has 1 unspecified atom stereocenters. The Morgan fingerprint density at radius 1 is 1.39 bits per heavy atom. The van der Waals surface area contributed by atoms with Crippen LogP contribution < -0.4 is 10.6 Å². The van der Waals surface area contributed by atoms with Gasteiger partial charge in [-0.3, -0.25) is 4.79 Å². The van der Waals surface area contributed by atoms with Crippen molar-refractivity contribution in [3.05, 3.63) is 46.6 Å². The van der Waals surface area contributed by atoms with Crippen LogP contribution in [0.15, 0.2) is 30.3 Å². The number of aromatic amines is 1. The quantitative estimate of drug-likeness (QED) is 0.629. The van der Waals surface area contributed by atoms with Crippen molar-refractivity contribution >= 4 is 33.3 Å². The highest BCUT2D eigenvalue weighted by Gasteiger charge is 2.26. The van der Waals surface area contributed by atoms with Gasteiger partial charge >= 0.3 is 0 Å². The van der Waals surface area contributed by atoms with Gasteiger partial charge in [0.15, 0.2) is 5.13 Å². The number of para-hydroxylation sites is 1. The first-order valence-electron chi connectivity index (χ1n) is 9.68. The lowest BCUT2D eigenvalue weighted by Crippen LogP contribution is -2.42. The number of fused-ring (bicyclic) bond motifs is 2. The molecule has 0 radical (unpaired) electrons. The fourth-order valence-corrected chi connectivity index (χ4v) is 4.79. The van der Waals surface area contributed by atoms with Crippen molar-refractivity contribution in [1.82, 2.24) is 20.2 Å². The number of amides is 1. The van der Waals surface area contributed by atoms with Crippen LogP contribution in [0.5, 0.6) is 0 Å². The van der Waals surface area contributed by atoms with Crippen molar-refractivity contribution in [2.75, 3.05) is 38.1 Å². The van der Waals surface area contributed by atoms with E-state index in [4.69, 9.17) is 9.72 Å². The van der Waals surface area contributed by atoms with Crippen molar-refractivity contribution in [1.29, 1.82) is 0 Å². The second-order valence-electron chi connectivity index (χ2n) is 7.21. The van der Waals surface area contributed by atoms with Crippen molar-refractivity contribution in [3.63, 3.8) is 0 Å². The number of morpholine rings is 1. The van der Waals surface area contributed by atoms with E-state index < -0.39 is 0 Å². The van der Waals surface area contributed by atoms with Gasteiger partial charge in [0.2, 0.25) is 0 Å². The second kappa shape index (κ2) is 7.54. The average Bonchev–Trinajstić information content (AvgIpc) is 3.35. The molecule has 4 heterocycles. The van der Waals surface area contributed by atoms with Crippen LogP contribution in [0.3, 0.4) is 0 Å². The van der Waals surface area contributed by atoms with E-state index in [2.05, 4.69) is 15.6 Å². The molecule has 0 aliphatic carbocycles. The number of nitrogens with one attached hydrogen (secondary N) is 3. The Kier molecular flexibility index (Phi) is 4.76. The summed E-state index contributed by atoms with van der Waals surface area (Å²) >= 11 is 1.64. The molecule has 1 fully saturated rings. The van der Waals surface area contributed by atoms with Crippen LogP contribution in [0.25, 0.3) is 10.9 Å². The molecule has 0 spiro atoms. The maximum Gasteiger partial charge on any atom is 0.270 e. The summed E-state index contributed by atoms with van der Waals surface area (Å²) < 4.78 is 5.72. The average molecular weight is 398 g/mol. The van der Waals surface area contributed by atoms with Crippen LogP contribution in [0.2, 0.25) is 0 Å². The van der Waals surface area contributed by atoms with E-state index in [1.807, 2.05) is 35.2 Å². The first kappa shape index (κ1) is 17.7. The summed E-state index contributed by atoms with van der Waals surface area (Å²) in [5, 5.41) is 8.71. The lowest BCUT2D eigenvalue weighted by Gasteiger charge is -2.25. The van der Waals surface area contributed by atoms with Crippen molar-refractivity contribution in [3.8, 4) is 0 Å². The van der Waals surface area contributed by atoms with Gasteiger partial charge in [0.25, 0.3) is 5.91 Å². The number of ether oxygens (including phenoxy) is 1. The van der Waals surface area contributed by atoms with Crippen LogP contribution in [-0.2, 0) is 17.7 Å². The first-order chi connectivity index (χ1) is 13.8. The Balaban J connectivity index is 1.25. The van der Waals surface area contributed by atoms with E-state index in [9.17, 15) is 4.79 Å². The Morgan fingerprint density at radius 2 is 2.32 bits per heavy atom. The molecule has 3 N–H and O–H groups in total. The lowest BCUT2D eigenvalue weighted by molar-refractivity contribution is 0.0372. The van der Waals surface area contributed by atoms with E-state index >= 15 is 0 Å². The zero-order chi connectivity index (χ0) is 18.9. The standard InChI is InChI=1S/C20H23N5O2S/c26-19(17-9-13-3-1-2-4-15(13)23-17)25-7-5-16-18(12-25)28-20(24-16)22-11-14-10-21-6-8-27-14/h1-4,9,14,21,23H,5-8,10-12H2,(H,22,24). The van der Waals surface area contributed by atoms with Crippen molar-refractivity contribution in [2.45, 2.75) is 19.1 Å². The van der Waals surface area contributed by atoms with E-state index in [1.165, 1.54) is 4.88 Å². The maximum atomic E-state index is 13.0. The molecule has 8 heteroatoms. The van der Waals surface area contributed by atoms with Crippen LogP contribution in [0, 0.1) is 0 Å². The lowest BCUT2D eigenvalue weighted by atomic mass is 10.1. The van der Waals surface area contributed by atoms with Gasteiger partial charge in [-0.25, -0.2) is 4.98 Å². The SMILES string of the molecule is O=C(c1cc2ccccc2[nH]1)N1CCc2nc(NCC3CNCCO3)sc2C1. The third-order valence-corrected chi connectivity index (χ3v) is 6.30. The summed E-state index contributed by atoms with van der Waals surface area (Å²) in [6, 6.07) is 9.90. The Morgan fingerprint density at radius 3 is 3.18 bits per heavy atom. The fraction of sp³-hybridized carbons (Fsp3) is 0.400. The zero-order valence-electron chi connectivity index (χ0n) is 15.5. The van der Waals surface area contributed by atoms with Gasteiger partial charge < -0.3 is 25.3 Å². The smallest absolute Gasteiger partial charge is 0.270 e. The van der Waals surface area contributed by atoms with Gasteiger partial charge in [0.05, 0.1) is 24.9 Å². The molecule has 1 amide bonds. The number of hydrogen-bond acceptors (Lipinski definition) is 6. The van der Waals surface area contributed by atoms with Crippen molar-refractivity contribution in [2.24, 2.45) is 0 Å². The van der Waals surface area contributed by atoms with Gasteiger partial charge in [-0.1, -0.05) is 29.5 Å². The number of thiazole rings is 1. The highest BCUT2D eigenvalue weighted by Crippen LogP contribution is 2.29. The number of carbonyl (C=O) groups is 1. The van der Waals surface area contributed by atoms with Gasteiger partial charge in [-0.2, -0.15) is 0 Å². The number of H-pyrrole nitrogens is 1. The van der Waals surface area contributed by atoms with Crippen LogP contribution in [-0.4, -0.2) is 59.7 Å². The summed E-state index contributed by atoms with van der Waals surface area (Å²) in [5.74, 6) is 0.0476. The molecular formula is C20H23N5O2S. The maximum absolute atomic E-state index is 13.0. The molecule has 0 bridgehead atoms. The highest BCUT2D eigenvalue weighted by atomic mass is 32.1. The van der Waals surface area contributed by atoms with Crippen molar-refractivity contribution < 1.29 is 9.53 Å². The second-order valence-corrected chi connectivity index (χ2v) is 8.30. The minimum absolute atomic E-state index is 0.0476. The van der Waals surface area contributed by atoms with Crippen LogP contribution in [0.1, 0.15) is 21.1 Å².